The van der Waals surface area contributed by atoms with E-state index in [4.69, 9.17) is 4.74 Å². The van der Waals surface area contributed by atoms with E-state index in [0.29, 0.717) is 12.6 Å². The molecule has 0 aliphatic rings. The third-order valence-electron chi connectivity index (χ3n) is 3.63. The largest absolute Gasteiger partial charge is 0.444 e. The lowest BCUT2D eigenvalue weighted by Crippen LogP contribution is -2.43. The van der Waals surface area contributed by atoms with Gasteiger partial charge in [0.25, 0.3) is 0 Å². The Labute approximate surface area is 141 Å². The molecule has 4 heteroatoms. The molecule has 0 saturated heterocycles. The topological polar surface area (TPSA) is 50.4 Å². The number of carbonyl (C=O) groups is 1. The third-order valence-corrected chi connectivity index (χ3v) is 3.63. The Morgan fingerprint density at radius 2 is 1.78 bits per heavy atom. The summed E-state index contributed by atoms with van der Waals surface area (Å²) in [4.78, 5) is 11.8. The first kappa shape index (κ1) is 19.5. The Morgan fingerprint density at radius 3 is 2.26 bits per heavy atom. The lowest BCUT2D eigenvalue weighted by atomic mass is 10.0. The lowest BCUT2D eigenvalue weighted by molar-refractivity contribution is 0.0507. The van der Waals surface area contributed by atoms with E-state index in [1.807, 2.05) is 27.7 Å². The van der Waals surface area contributed by atoms with E-state index in [1.165, 1.54) is 11.1 Å². The minimum atomic E-state index is -0.468. The van der Waals surface area contributed by atoms with Gasteiger partial charge in [-0.1, -0.05) is 38.1 Å². The zero-order valence-electron chi connectivity index (χ0n) is 15.4. The highest BCUT2D eigenvalue weighted by molar-refractivity contribution is 5.68. The molecular weight excluding hydrogens is 288 g/mol. The van der Waals surface area contributed by atoms with Gasteiger partial charge in [0.2, 0.25) is 0 Å². The first-order valence-electron chi connectivity index (χ1n) is 8.56. The van der Waals surface area contributed by atoms with Gasteiger partial charge in [-0.3, -0.25) is 0 Å². The number of ether oxygens (including phenoxy) is 1. The summed E-state index contributed by atoms with van der Waals surface area (Å²) in [6, 6.07) is 9.04. The molecule has 2 N–H and O–H groups in total. The molecule has 1 aromatic carbocycles. The molecule has 2 atom stereocenters. The van der Waals surface area contributed by atoms with E-state index in [2.05, 4.69) is 48.7 Å². The van der Waals surface area contributed by atoms with E-state index >= 15 is 0 Å². The first-order valence-corrected chi connectivity index (χ1v) is 8.56. The van der Waals surface area contributed by atoms with E-state index in [0.717, 1.165) is 12.8 Å². The van der Waals surface area contributed by atoms with Crippen molar-refractivity contribution >= 4 is 6.09 Å². The van der Waals surface area contributed by atoms with Crippen LogP contribution in [0.1, 0.15) is 65.1 Å². The SMILES string of the molecule is CCc1ccc(C(CC)NCC(C)NC(=O)OC(C)(C)C)cc1. The number of hydrogen-bond donors (Lipinski definition) is 2. The molecule has 0 saturated carbocycles. The molecule has 0 aliphatic carbocycles. The average molecular weight is 320 g/mol. The molecule has 1 rings (SSSR count). The predicted octanol–water partition coefficient (Wildman–Crippen LogP) is 4.20. The molecule has 23 heavy (non-hydrogen) atoms. The number of amides is 1. The number of aryl methyl sites for hydroxylation is 1. The van der Waals surface area contributed by atoms with Crippen LogP contribution in [-0.2, 0) is 11.2 Å². The standard InChI is InChI=1S/C19H32N2O2/c1-7-15-9-11-16(12-10-15)17(8-2)20-13-14(3)21-18(22)23-19(4,5)6/h9-12,14,17,20H,7-8,13H2,1-6H3,(H,21,22). The predicted molar refractivity (Wildman–Crippen MR) is 95.7 cm³/mol. The van der Waals surface area contributed by atoms with Crippen LogP contribution in [-0.4, -0.2) is 24.3 Å². The highest BCUT2D eigenvalue weighted by atomic mass is 16.6. The van der Waals surface area contributed by atoms with Crippen LogP contribution in [0, 0.1) is 0 Å². The molecule has 2 unspecified atom stereocenters. The van der Waals surface area contributed by atoms with Gasteiger partial charge in [0, 0.05) is 18.6 Å². The summed E-state index contributed by atoms with van der Waals surface area (Å²) in [6.45, 7) is 12.6. The van der Waals surface area contributed by atoms with Gasteiger partial charge >= 0.3 is 6.09 Å². The molecule has 0 spiro atoms. The zero-order valence-corrected chi connectivity index (χ0v) is 15.4. The van der Waals surface area contributed by atoms with Crippen molar-refractivity contribution in [2.24, 2.45) is 0 Å². The summed E-state index contributed by atoms with van der Waals surface area (Å²) in [5, 5.41) is 6.38. The van der Waals surface area contributed by atoms with Crippen molar-refractivity contribution in [3.8, 4) is 0 Å². The Kier molecular flexibility index (Phi) is 7.56. The molecule has 0 bridgehead atoms. The second-order valence-corrected chi connectivity index (χ2v) is 7.01. The monoisotopic (exact) mass is 320 g/mol. The van der Waals surface area contributed by atoms with Crippen molar-refractivity contribution in [3.05, 3.63) is 35.4 Å². The fourth-order valence-electron chi connectivity index (χ4n) is 2.36. The van der Waals surface area contributed by atoms with Crippen LogP contribution in [0.25, 0.3) is 0 Å². The number of hydrogen-bond acceptors (Lipinski definition) is 3. The third kappa shape index (κ3) is 7.51. The molecule has 0 aromatic heterocycles. The Morgan fingerprint density at radius 1 is 1.17 bits per heavy atom. The number of alkyl carbamates (subject to hydrolysis) is 1. The van der Waals surface area contributed by atoms with Crippen LogP contribution in [0.4, 0.5) is 4.79 Å². The summed E-state index contributed by atoms with van der Waals surface area (Å²) in [7, 11) is 0. The van der Waals surface area contributed by atoms with Crippen molar-refractivity contribution in [1.29, 1.82) is 0 Å². The highest BCUT2D eigenvalue weighted by Crippen LogP contribution is 2.17. The van der Waals surface area contributed by atoms with Gasteiger partial charge < -0.3 is 15.4 Å². The maximum absolute atomic E-state index is 11.8. The fourth-order valence-corrected chi connectivity index (χ4v) is 2.36. The minimum absolute atomic E-state index is 0.00816. The van der Waals surface area contributed by atoms with Crippen molar-refractivity contribution in [3.63, 3.8) is 0 Å². The van der Waals surface area contributed by atoms with Crippen molar-refractivity contribution in [2.75, 3.05) is 6.54 Å². The highest BCUT2D eigenvalue weighted by Gasteiger charge is 2.18. The maximum Gasteiger partial charge on any atom is 0.407 e. The van der Waals surface area contributed by atoms with Crippen LogP contribution in [0.3, 0.4) is 0 Å². The first-order chi connectivity index (χ1) is 10.7. The summed E-state index contributed by atoms with van der Waals surface area (Å²) < 4.78 is 5.27. The van der Waals surface area contributed by atoms with Gasteiger partial charge in [0.15, 0.2) is 0 Å². The van der Waals surface area contributed by atoms with Crippen molar-refractivity contribution in [2.45, 2.75) is 72.1 Å². The maximum atomic E-state index is 11.8. The molecule has 0 aliphatic heterocycles. The molecule has 1 aromatic rings. The van der Waals surface area contributed by atoms with Crippen molar-refractivity contribution in [1.82, 2.24) is 10.6 Å². The summed E-state index contributed by atoms with van der Waals surface area (Å²) in [5.74, 6) is 0. The molecule has 4 nitrogen and oxygen atoms in total. The smallest absolute Gasteiger partial charge is 0.407 e. The second-order valence-electron chi connectivity index (χ2n) is 7.01. The van der Waals surface area contributed by atoms with Crippen LogP contribution >= 0.6 is 0 Å². The van der Waals surface area contributed by atoms with Gasteiger partial charge in [-0.25, -0.2) is 4.79 Å². The normalized spacial score (nSPS) is 14.2. The molecule has 0 heterocycles. The van der Waals surface area contributed by atoms with Gasteiger partial charge in [0.05, 0.1) is 0 Å². The Hall–Kier alpha value is -1.55. The molecule has 1 amide bonds. The summed E-state index contributed by atoms with van der Waals surface area (Å²) in [6.07, 6.45) is 1.69. The summed E-state index contributed by atoms with van der Waals surface area (Å²) >= 11 is 0. The van der Waals surface area contributed by atoms with Gasteiger partial charge in [-0.05, 0) is 51.7 Å². The fraction of sp³-hybridized carbons (Fsp3) is 0.632. The van der Waals surface area contributed by atoms with Gasteiger partial charge in [-0.2, -0.15) is 0 Å². The van der Waals surface area contributed by atoms with Gasteiger partial charge in [0.1, 0.15) is 5.60 Å². The van der Waals surface area contributed by atoms with Crippen molar-refractivity contribution < 1.29 is 9.53 Å². The second kappa shape index (κ2) is 8.92. The van der Waals surface area contributed by atoms with E-state index in [-0.39, 0.29) is 12.1 Å². The quantitative estimate of drug-likeness (QED) is 0.791. The molecule has 0 fully saturated rings. The summed E-state index contributed by atoms with van der Waals surface area (Å²) in [5.41, 5.74) is 2.17. The molecular formula is C19H32N2O2. The number of carbonyl (C=O) groups excluding carboxylic acids is 1. The lowest BCUT2D eigenvalue weighted by Gasteiger charge is -2.24. The van der Waals surface area contributed by atoms with E-state index in [1.54, 1.807) is 0 Å². The van der Waals surface area contributed by atoms with Crippen LogP contribution < -0.4 is 10.6 Å². The van der Waals surface area contributed by atoms with E-state index < -0.39 is 5.60 Å². The molecule has 130 valence electrons. The Balaban J connectivity index is 2.48. The zero-order chi connectivity index (χ0) is 17.5. The van der Waals surface area contributed by atoms with Crippen LogP contribution in [0.2, 0.25) is 0 Å². The number of rotatable bonds is 7. The minimum Gasteiger partial charge on any atom is -0.444 e. The number of nitrogens with one attached hydrogen (secondary N) is 2. The van der Waals surface area contributed by atoms with Crippen LogP contribution in [0.15, 0.2) is 24.3 Å². The van der Waals surface area contributed by atoms with Crippen LogP contribution in [0.5, 0.6) is 0 Å². The van der Waals surface area contributed by atoms with E-state index in [9.17, 15) is 4.79 Å². The average Bonchev–Trinajstić information content (AvgIpc) is 2.46. The van der Waals surface area contributed by atoms with Gasteiger partial charge in [-0.15, -0.1) is 0 Å². The Bertz CT molecular complexity index is 477. The molecule has 0 radical (unpaired) electrons. The number of benzene rings is 1.